The Bertz CT molecular complexity index is 900. The molecule has 0 saturated carbocycles. The van der Waals surface area contributed by atoms with Gasteiger partial charge in [0.15, 0.2) is 11.5 Å². The summed E-state index contributed by atoms with van der Waals surface area (Å²) >= 11 is 0. The van der Waals surface area contributed by atoms with Gasteiger partial charge in [-0.2, -0.15) is 0 Å². The van der Waals surface area contributed by atoms with Gasteiger partial charge in [-0.05, 0) is 25.1 Å². The van der Waals surface area contributed by atoms with E-state index in [2.05, 4.69) is 0 Å². The number of Topliss-reactive ketones (excluding diaryl/α,β-unsaturated/α-hetero) is 1. The third-order valence-electron chi connectivity index (χ3n) is 3.14. The van der Waals surface area contributed by atoms with Gasteiger partial charge in [-0.25, -0.2) is 4.79 Å². The van der Waals surface area contributed by atoms with Gasteiger partial charge in [0.05, 0.1) is 11.8 Å². The maximum absolute atomic E-state index is 12.6. The van der Waals surface area contributed by atoms with Crippen LogP contribution in [0.15, 0.2) is 56.3 Å². The van der Waals surface area contributed by atoms with Crippen LogP contribution < -0.4 is 5.63 Å². The monoisotopic (exact) mass is 282 g/mol. The zero-order chi connectivity index (χ0) is 15.0. The molecule has 0 radical (unpaired) electrons. The van der Waals surface area contributed by atoms with E-state index in [-0.39, 0.29) is 22.5 Å². The lowest BCUT2D eigenvalue weighted by Gasteiger charge is -2.07. The van der Waals surface area contributed by atoms with Crippen molar-refractivity contribution < 1.29 is 18.4 Å². The molecule has 0 aliphatic rings. The first-order valence-electron chi connectivity index (χ1n) is 6.24. The molecule has 21 heavy (non-hydrogen) atoms. The van der Waals surface area contributed by atoms with E-state index in [4.69, 9.17) is 8.83 Å². The molecule has 1 aromatic carbocycles. The number of rotatable bonds is 3. The van der Waals surface area contributed by atoms with Gasteiger partial charge in [0.25, 0.3) is 0 Å². The van der Waals surface area contributed by atoms with E-state index in [0.717, 1.165) is 0 Å². The van der Waals surface area contributed by atoms with Crippen LogP contribution in [0.4, 0.5) is 0 Å². The fourth-order valence-electron chi connectivity index (χ4n) is 2.24. The SMILES string of the molecule is CC(=O)c1c(C(=O)c2ccco2)c2ccccc2oc1=O. The van der Waals surface area contributed by atoms with Gasteiger partial charge in [-0.15, -0.1) is 0 Å². The number of furan rings is 1. The maximum atomic E-state index is 12.6. The molecule has 3 aromatic rings. The standard InChI is InChI=1S/C16H10O5/c1-9(17)13-14(15(18)12-7-4-8-20-12)10-5-2-3-6-11(10)21-16(13)19/h2-8H,1H3. The summed E-state index contributed by atoms with van der Waals surface area (Å²) in [6.07, 6.45) is 1.36. The number of para-hydroxylation sites is 1. The molecule has 0 spiro atoms. The highest BCUT2D eigenvalue weighted by molar-refractivity contribution is 6.20. The van der Waals surface area contributed by atoms with Gasteiger partial charge in [0.2, 0.25) is 5.78 Å². The summed E-state index contributed by atoms with van der Waals surface area (Å²) in [5.41, 5.74) is -0.807. The average Bonchev–Trinajstić information content (AvgIpc) is 2.98. The molecule has 0 aliphatic heterocycles. The predicted octanol–water partition coefficient (Wildman–Crippen LogP) is 2.82. The third-order valence-corrected chi connectivity index (χ3v) is 3.14. The average molecular weight is 282 g/mol. The summed E-state index contributed by atoms with van der Waals surface area (Å²) in [5.74, 6) is -0.980. The van der Waals surface area contributed by atoms with Crippen LogP contribution in [0.1, 0.15) is 33.4 Å². The van der Waals surface area contributed by atoms with E-state index >= 15 is 0 Å². The van der Waals surface area contributed by atoms with Gasteiger partial charge in [-0.3, -0.25) is 9.59 Å². The number of carbonyl (C=O) groups excluding carboxylic acids is 2. The Kier molecular flexibility index (Phi) is 3.02. The van der Waals surface area contributed by atoms with Gasteiger partial charge >= 0.3 is 5.63 Å². The van der Waals surface area contributed by atoms with Gasteiger partial charge in [0, 0.05) is 5.39 Å². The summed E-state index contributed by atoms with van der Waals surface area (Å²) in [6.45, 7) is 1.22. The van der Waals surface area contributed by atoms with Crippen LogP contribution in [0.3, 0.4) is 0 Å². The van der Waals surface area contributed by atoms with Crippen LogP contribution in [0, 0.1) is 0 Å². The lowest BCUT2D eigenvalue weighted by Crippen LogP contribution is -2.19. The Balaban J connectivity index is 2.43. The van der Waals surface area contributed by atoms with Crippen molar-refractivity contribution in [3.05, 3.63) is 70.0 Å². The minimum atomic E-state index is -0.823. The Morgan fingerprint density at radius 1 is 1.00 bits per heavy atom. The second kappa shape index (κ2) is 4.86. The highest BCUT2D eigenvalue weighted by Gasteiger charge is 2.25. The van der Waals surface area contributed by atoms with E-state index in [1.54, 1.807) is 30.3 Å². The molecular formula is C16H10O5. The fourth-order valence-corrected chi connectivity index (χ4v) is 2.24. The summed E-state index contributed by atoms with van der Waals surface area (Å²) < 4.78 is 10.2. The van der Waals surface area contributed by atoms with E-state index in [9.17, 15) is 14.4 Å². The second-order valence-electron chi connectivity index (χ2n) is 4.50. The van der Waals surface area contributed by atoms with Crippen LogP contribution in [-0.2, 0) is 0 Å². The van der Waals surface area contributed by atoms with Crippen LogP contribution in [-0.4, -0.2) is 11.6 Å². The lowest BCUT2D eigenvalue weighted by molar-refractivity contribution is 0.0977. The molecule has 2 aromatic heterocycles. The molecule has 0 unspecified atom stereocenters. The minimum Gasteiger partial charge on any atom is -0.461 e. The Labute approximate surface area is 118 Å². The molecule has 5 heteroatoms. The number of fused-ring (bicyclic) bond motifs is 1. The van der Waals surface area contributed by atoms with Crippen molar-refractivity contribution in [2.45, 2.75) is 6.92 Å². The van der Waals surface area contributed by atoms with Crippen molar-refractivity contribution in [3.63, 3.8) is 0 Å². The van der Waals surface area contributed by atoms with E-state index in [0.29, 0.717) is 5.39 Å². The van der Waals surface area contributed by atoms with Crippen molar-refractivity contribution in [2.75, 3.05) is 0 Å². The van der Waals surface area contributed by atoms with Crippen molar-refractivity contribution in [1.82, 2.24) is 0 Å². The summed E-state index contributed by atoms with van der Waals surface area (Å²) in [4.78, 5) is 36.3. The highest BCUT2D eigenvalue weighted by atomic mass is 16.4. The molecule has 0 aliphatic carbocycles. The molecular weight excluding hydrogens is 272 g/mol. The Hall–Kier alpha value is -2.95. The number of benzene rings is 1. The molecule has 0 amide bonds. The molecule has 0 fully saturated rings. The van der Waals surface area contributed by atoms with Gasteiger partial charge in [-0.1, -0.05) is 18.2 Å². The topological polar surface area (TPSA) is 77.5 Å². The first kappa shape index (κ1) is 13.1. The number of hydrogen-bond acceptors (Lipinski definition) is 5. The van der Waals surface area contributed by atoms with E-state index in [1.165, 1.54) is 19.3 Å². The molecule has 5 nitrogen and oxygen atoms in total. The number of ketones is 2. The fraction of sp³-hybridized carbons (Fsp3) is 0.0625. The first-order valence-corrected chi connectivity index (χ1v) is 6.24. The molecule has 104 valence electrons. The molecule has 0 saturated heterocycles. The second-order valence-corrected chi connectivity index (χ2v) is 4.50. The third kappa shape index (κ3) is 2.08. The van der Waals surface area contributed by atoms with E-state index in [1.807, 2.05) is 0 Å². The molecule has 0 atom stereocenters. The maximum Gasteiger partial charge on any atom is 0.347 e. The normalized spacial score (nSPS) is 10.7. The van der Waals surface area contributed by atoms with Crippen LogP contribution in [0.5, 0.6) is 0 Å². The van der Waals surface area contributed by atoms with Crippen LogP contribution in [0.2, 0.25) is 0 Å². The summed E-state index contributed by atoms with van der Waals surface area (Å²) in [7, 11) is 0. The van der Waals surface area contributed by atoms with Crippen LogP contribution in [0.25, 0.3) is 11.0 Å². The molecule has 3 rings (SSSR count). The number of hydrogen-bond donors (Lipinski definition) is 0. The Morgan fingerprint density at radius 3 is 2.43 bits per heavy atom. The van der Waals surface area contributed by atoms with Gasteiger partial charge < -0.3 is 8.83 Å². The summed E-state index contributed by atoms with van der Waals surface area (Å²) in [6, 6.07) is 9.62. The lowest BCUT2D eigenvalue weighted by atomic mass is 9.97. The van der Waals surface area contributed by atoms with Crippen LogP contribution >= 0.6 is 0 Å². The number of carbonyl (C=O) groups is 2. The van der Waals surface area contributed by atoms with Crippen molar-refractivity contribution in [1.29, 1.82) is 0 Å². The molecule has 0 bridgehead atoms. The highest BCUT2D eigenvalue weighted by Crippen LogP contribution is 2.23. The molecule has 0 N–H and O–H groups in total. The van der Waals surface area contributed by atoms with Crippen molar-refractivity contribution in [2.24, 2.45) is 0 Å². The zero-order valence-corrected chi connectivity index (χ0v) is 11.1. The first-order chi connectivity index (χ1) is 10.1. The zero-order valence-electron chi connectivity index (χ0n) is 11.1. The predicted molar refractivity (Wildman–Crippen MR) is 74.6 cm³/mol. The van der Waals surface area contributed by atoms with Crippen molar-refractivity contribution in [3.8, 4) is 0 Å². The van der Waals surface area contributed by atoms with E-state index < -0.39 is 17.2 Å². The Morgan fingerprint density at radius 2 is 1.76 bits per heavy atom. The van der Waals surface area contributed by atoms with Gasteiger partial charge in [0.1, 0.15) is 11.1 Å². The smallest absolute Gasteiger partial charge is 0.347 e. The summed E-state index contributed by atoms with van der Waals surface area (Å²) in [5, 5.41) is 0.406. The minimum absolute atomic E-state index is 0.0179. The largest absolute Gasteiger partial charge is 0.461 e. The quantitative estimate of drug-likeness (QED) is 0.545. The van der Waals surface area contributed by atoms with Crippen molar-refractivity contribution >= 4 is 22.5 Å². The molecule has 2 heterocycles.